The van der Waals surface area contributed by atoms with Crippen molar-refractivity contribution in [2.24, 2.45) is 5.92 Å². The van der Waals surface area contributed by atoms with E-state index in [4.69, 9.17) is 4.98 Å². The maximum Gasteiger partial charge on any atom is 0.220 e. The number of amides is 1. The number of carbonyl (C=O) groups is 1. The van der Waals surface area contributed by atoms with Crippen molar-refractivity contribution in [3.63, 3.8) is 0 Å². The lowest BCUT2D eigenvalue weighted by atomic mass is 10.1. The highest BCUT2D eigenvalue weighted by Crippen LogP contribution is 2.29. The normalized spacial score (nSPS) is 11.5. The molecule has 0 radical (unpaired) electrons. The van der Waals surface area contributed by atoms with Gasteiger partial charge in [-0.3, -0.25) is 4.79 Å². The standard InChI is InChI=1S/C26H31N5OS/c1-18(2)16-27-23(32)11-7-8-14-33-26-28-25-24(29-30-26)21-15-19(3)12-13-22(21)31(25)17-20-9-5-4-6-10-20/h4-6,9-10,12-13,15,18H,7-8,11,14,16-17H2,1-3H3,(H,27,32). The van der Waals surface area contributed by atoms with E-state index in [0.29, 0.717) is 17.5 Å². The molecule has 0 fully saturated rings. The second kappa shape index (κ2) is 10.8. The Hall–Kier alpha value is -2.93. The molecule has 0 saturated carbocycles. The zero-order chi connectivity index (χ0) is 23.2. The van der Waals surface area contributed by atoms with E-state index < -0.39 is 0 Å². The molecule has 6 nitrogen and oxygen atoms in total. The average Bonchev–Trinajstić information content (AvgIpc) is 3.10. The monoisotopic (exact) mass is 461 g/mol. The number of rotatable bonds is 10. The highest BCUT2D eigenvalue weighted by atomic mass is 32.2. The van der Waals surface area contributed by atoms with Gasteiger partial charge < -0.3 is 9.88 Å². The van der Waals surface area contributed by atoms with Crippen LogP contribution in [0.5, 0.6) is 0 Å². The lowest BCUT2D eigenvalue weighted by Gasteiger charge is -2.08. The van der Waals surface area contributed by atoms with E-state index in [-0.39, 0.29) is 5.91 Å². The molecule has 0 atom stereocenters. The quantitative estimate of drug-likeness (QED) is 0.254. The van der Waals surface area contributed by atoms with E-state index in [1.54, 1.807) is 11.8 Å². The maximum atomic E-state index is 11.9. The average molecular weight is 462 g/mol. The fourth-order valence-electron chi connectivity index (χ4n) is 3.80. The van der Waals surface area contributed by atoms with Crippen molar-refractivity contribution in [3.8, 4) is 0 Å². The van der Waals surface area contributed by atoms with Crippen molar-refractivity contribution >= 4 is 39.7 Å². The molecule has 0 spiro atoms. The summed E-state index contributed by atoms with van der Waals surface area (Å²) in [5.41, 5.74) is 5.25. The van der Waals surface area contributed by atoms with Crippen LogP contribution in [-0.2, 0) is 11.3 Å². The van der Waals surface area contributed by atoms with Crippen LogP contribution in [0.15, 0.2) is 53.7 Å². The lowest BCUT2D eigenvalue weighted by molar-refractivity contribution is -0.121. The molecule has 4 aromatic rings. The summed E-state index contributed by atoms with van der Waals surface area (Å²) in [4.78, 5) is 16.8. The Morgan fingerprint density at radius 3 is 2.70 bits per heavy atom. The molecule has 33 heavy (non-hydrogen) atoms. The highest BCUT2D eigenvalue weighted by Gasteiger charge is 2.15. The van der Waals surface area contributed by atoms with Crippen molar-refractivity contribution in [3.05, 3.63) is 59.7 Å². The molecule has 0 aliphatic heterocycles. The van der Waals surface area contributed by atoms with Crippen LogP contribution in [0.4, 0.5) is 0 Å². The Labute approximate surface area is 199 Å². The van der Waals surface area contributed by atoms with Crippen LogP contribution >= 0.6 is 11.8 Å². The summed E-state index contributed by atoms with van der Waals surface area (Å²) in [6, 6.07) is 16.9. The Morgan fingerprint density at radius 2 is 1.91 bits per heavy atom. The number of nitrogens with one attached hydrogen (secondary N) is 1. The van der Waals surface area contributed by atoms with Crippen molar-refractivity contribution in [2.75, 3.05) is 12.3 Å². The number of aromatic nitrogens is 4. The number of nitrogens with zero attached hydrogens (tertiary/aromatic N) is 4. The lowest BCUT2D eigenvalue weighted by Crippen LogP contribution is -2.26. The number of carbonyl (C=O) groups excluding carboxylic acids is 1. The topological polar surface area (TPSA) is 72.7 Å². The van der Waals surface area contributed by atoms with Gasteiger partial charge in [0, 0.05) is 30.6 Å². The van der Waals surface area contributed by atoms with Crippen LogP contribution in [-0.4, -0.2) is 38.0 Å². The minimum atomic E-state index is 0.133. The van der Waals surface area contributed by atoms with Crippen LogP contribution in [0.2, 0.25) is 0 Å². The molecule has 4 rings (SSSR count). The Kier molecular flexibility index (Phi) is 7.60. The van der Waals surface area contributed by atoms with Crippen LogP contribution in [0.3, 0.4) is 0 Å². The van der Waals surface area contributed by atoms with E-state index in [1.165, 1.54) is 11.1 Å². The predicted molar refractivity (Wildman–Crippen MR) is 136 cm³/mol. The summed E-state index contributed by atoms with van der Waals surface area (Å²) < 4.78 is 2.23. The van der Waals surface area contributed by atoms with Gasteiger partial charge in [0.15, 0.2) is 5.65 Å². The maximum absolute atomic E-state index is 11.9. The minimum Gasteiger partial charge on any atom is -0.356 e. The summed E-state index contributed by atoms with van der Waals surface area (Å²) in [5.74, 6) is 1.47. The molecule has 0 unspecified atom stereocenters. The molecule has 1 amide bonds. The largest absolute Gasteiger partial charge is 0.356 e. The van der Waals surface area contributed by atoms with E-state index in [2.05, 4.69) is 83.3 Å². The van der Waals surface area contributed by atoms with Gasteiger partial charge in [-0.05, 0) is 43.4 Å². The first kappa shape index (κ1) is 23.2. The van der Waals surface area contributed by atoms with Crippen LogP contribution in [0.25, 0.3) is 22.1 Å². The molecule has 2 aromatic heterocycles. The molecule has 2 heterocycles. The predicted octanol–water partition coefficient (Wildman–Crippen LogP) is 5.37. The van der Waals surface area contributed by atoms with E-state index in [1.807, 2.05) is 6.07 Å². The van der Waals surface area contributed by atoms with Crippen LogP contribution in [0.1, 0.15) is 44.2 Å². The third kappa shape index (κ3) is 5.90. The number of aryl methyl sites for hydroxylation is 1. The van der Waals surface area contributed by atoms with Crippen molar-refractivity contribution in [2.45, 2.75) is 51.7 Å². The third-order valence-corrected chi connectivity index (χ3v) is 6.45. The first-order valence-corrected chi connectivity index (χ1v) is 12.6. The molecular weight excluding hydrogens is 430 g/mol. The number of unbranched alkanes of at least 4 members (excludes halogenated alkanes) is 1. The second-order valence-electron chi connectivity index (χ2n) is 8.86. The van der Waals surface area contributed by atoms with Crippen molar-refractivity contribution < 1.29 is 4.79 Å². The van der Waals surface area contributed by atoms with Crippen LogP contribution in [0, 0.1) is 12.8 Å². The Morgan fingerprint density at radius 1 is 1.09 bits per heavy atom. The fourth-order valence-corrected chi connectivity index (χ4v) is 4.58. The van der Waals surface area contributed by atoms with Gasteiger partial charge in [0.25, 0.3) is 0 Å². The molecule has 0 saturated heterocycles. The Bertz CT molecular complexity index is 1240. The molecule has 0 aliphatic rings. The summed E-state index contributed by atoms with van der Waals surface area (Å²) >= 11 is 1.60. The van der Waals surface area contributed by atoms with Gasteiger partial charge in [0.1, 0.15) is 5.52 Å². The summed E-state index contributed by atoms with van der Waals surface area (Å²) in [6.45, 7) is 7.76. The number of benzene rings is 2. The molecule has 172 valence electrons. The number of hydrogen-bond donors (Lipinski definition) is 1. The number of thioether (sulfide) groups is 1. The van der Waals surface area contributed by atoms with E-state index in [0.717, 1.165) is 53.8 Å². The highest BCUT2D eigenvalue weighted by molar-refractivity contribution is 7.99. The van der Waals surface area contributed by atoms with Crippen LogP contribution < -0.4 is 5.32 Å². The Balaban J connectivity index is 1.48. The van der Waals surface area contributed by atoms with E-state index >= 15 is 0 Å². The minimum absolute atomic E-state index is 0.133. The molecule has 7 heteroatoms. The number of hydrogen-bond acceptors (Lipinski definition) is 5. The SMILES string of the molecule is Cc1ccc2c(c1)c1nnc(SCCCCC(=O)NCC(C)C)nc1n2Cc1ccccc1. The summed E-state index contributed by atoms with van der Waals surface area (Å²) in [5, 5.41) is 13.7. The smallest absolute Gasteiger partial charge is 0.220 e. The first-order valence-electron chi connectivity index (χ1n) is 11.6. The number of fused-ring (bicyclic) bond motifs is 3. The third-order valence-electron chi connectivity index (χ3n) is 5.52. The molecule has 0 aliphatic carbocycles. The molecule has 1 N–H and O–H groups in total. The first-order chi connectivity index (χ1) is 16.0. The van der Waals surface area contributed by atoms with Gasteiger partial charge in [-0.25, -0.2) is 4.98 Å². The van der Waals surface area contributed by atoms with Gasteiger partial charge in [-0.2, -0.15) is 0 Å². The zero-order valence-corrected chi connectivity index (χ0v) is 20.4. The van der Waals surface area contributed by atoms with Crippen molar-refractivity contribution in [1.82, 2.24) is 25.1 Å². The second-order valence-corrected chi connectivity index (χ2v) is 9.92. The van der Waals surface area contributed by atoms with E-state index in [9.17, 15) is 4.79 Å². The summed E-state index contributed by atoms with van der Waals surface area (Å²) in [6.07, 6.45) is 2.36. The van der Waals surface area contributed by atoms with Gasteiger partial charge >= 0.3 is 0 Å². The molecule has 0 bridgehead atoms. The van der Waals surface area contributed by atoms with Gasteiger partial charge in [0.05, 0.1) is 5.52 Å². The zero-order valence-electron chi connectivity index (χ0n) is 19.5. The molecular formula is C26H31N5OS. The molecule has 2 aromatic carbocycles. The van der Waals surface area contributed by atoms with Gasteiger partial charge in [-0.15, -0.1) is 10.2 Å². The van der Waals surface area contributed by atoms with Gasteiger partial charge in [-0.1, -0.05) is 67.6 Å². The fraction of sp³-hybridized carbons (Fsp3) is 0.385. The van der Waals surface area contributed by atoms with Gasteiger partial charge in [0.2, 0.25) is 11.1 Å². The summed E-state index contributed by atoms with van der Waals surface area (Å²) in [7, 11) is 0. The van der Waals surface area contributed by atoms with Crippen molar-refractivity contribution in [1.29, 1.82) is 0 Å².